The quantitative estimate of drug-likeness (QED) is 0.285. The minimum Gasteiger partial charge on any atom is -0.355 e. The summed E-state index contributed by atoms with van der Waals surface area (Å²) >= 11 is 1.87. The summed E-state index contributed by atoms with van der Waals surface area (Å²) < 4.78 is 0. The standard InChI is InChI=1S/C22H30N4OS.HI/c1-17(27)26-19-9-6-8-18(14-19)15-24-21(23-2)25-16-22(11-4-3-5-12-22)20-10-7-13-28-20;/h6-10,13-14H,3-5,11-12,15-16H2,1-2H3,(H,26,27)(H2,23,24,25);1H. The molecule has 29 heavy (non-hydrogen) atoms. The fourth-order valence-corrected chi connectivity index (χ4v) is 4.93. The minimum absolute atomic E-state index is 0. The topological polar surface area (TPSA) is 65.5 Å². The smallest absolute Gasteiger partial charge is 0.221 e. The summed E-state index contributed by atoms with van der Waals surface area (Å²) in [6.45, 7) is 3.07. The van der Waals surface area contributed by atoms with E-state index in [1.165, 1.54) is 43.9 Å². The third kappa shape index (κ3) is 6.70. The predicted octanol–water partition coefficient (Wildman–Crippen LogP) is 4.89. The van der Waals surface area contributed by atoms with Crippen LogP contribution in [0.4, 0.5) is 5.69 Å². The molecule has 1 saturated carbocycles. The highest BCUT2D eigenvalue weighted by Crippen LogP contribution is 2.41. The van der Waals surface area contributed by atoms with Crippen LogP contribution in [0.25, 0.3) is 0 Å². The van der Waals surface area contributed by atoms with Crippen LogP contribution in [0.1, 0.15) is 49.5 Å². The van der Waals surface area contributed by atoms with E-state index in [1.807, 2.05) is 42.6 Å². The third-order valence-electron chi connectivity index (χ3n) is 5.38. The van der Waals surface area contributed by atoms with Crippen molar-refractivity contribution < 1.29 is 4.79 Å². The number of hydrogen-bond donors (Lipinski definition) is 3. The van der Waals surface area contributed by atoms with Crippen LogP contribution in [0.5, 0.6) is 0 Å². The number of amides is 1. The molecule has 0 saturated heterocycles. The van der Waals surface area contributed by atoms with Gasteiger partial charge in [0.2, 0.25) is 5.91 Å². The van der Waals surface area contributed by atoms with Gasteiger partial charge in [0.15, 0.2) is 5.96 Å². The zero-order valence-electron chi connectivity index (χ0n) is 17.2. The van der Waals surface area contributed by atoms with Crippen molar-refractivity contribution in [3.05, 3.63) is 52.2 Å². The molecule has 158 valence electrons. The number of benzene rings is 1. The van der Waals surface area contributed by atoms with Gasteiger partial charge < -0.3 is 16.0 Å². The molecule has 1 heterocycles. The maximum absolute atomic E-state index is 11.2. The first-order valence-corrected chi connectivity index (χ1v) is 10.8. The average Bonchev–Trinajstić information content (AvgIpc) is 3.24. The molecule has 0 radical (unpaired) electrons. The van der Waals surface area contributed by atoms with Crippen LogP contribution < -0.4 is 16.0 Å². The van der Waals surface area contributed by atoms with Crippen LogP contribution >= 0.6 is 35.3 Å². The number of hydrogen-bond acceptors (Lipinski definition) is 3. The van der Waals surface area contributed by atoms with Gasteiger partial charge in [-0.3, -0.25) is 9.79 Å². The van der Waals surface area contributed by atoms with Gasteiger partial charge in [-0.2, -0.15) is 0 Å². The first-order chi connectivity index (χ1) is 13.6. The lowest BCUT2D eigenvalue weighted by molar-refractivity contribution is -0.114. The minimum atomic E-state index is -0.0612. The van der Waals surface area contributed by atoms with Gasteiger partial charge in [0, 0.05) is 43.0 Å². The van der Waals surface area contributed by atoms with E-state index in [1.54, 1.807) is 0 Å². The second-order valence-electron chi connectivity index (χ2n) is 7.48. The van der Waals surface area contributed by atoms with E-state index in [2.05, 4.69) is 38.5 Å². The summed E-state index contributed by atoms with van der Waals surface area (Å²) in [7, 11) is 1.81. The number of nitrogens with zero attached hydrogens (tertiary/aromatic N) is 1. The fourth-order valence-electron chi connectivity index (χ4n) is 3.94. The lowest BCUT2D eigenvalue weighted by Gasteiger charge is -2.37. The lowest BCUT2D eigenvalue weighted by Crippen LogP contribution is -2.46. The Morgan fingerprint density at radius 3 is 2.59 bits per heavy atom. The SMILES string of the molecule is CN=C(NCc1cccc(NC(C)=O)c1)NCC1(c2cccs2)CCCCC1.I. The van der Waals surface area contributed by atoms with E-state index in [4.69, 9.17) is 0 Å². The van der Waals surface area contributed by atoms with Crippen LogP contribution in [0, 0.1) is 0 Å². The highest BCUT2D eigenvalue weighted by Gasteiger charge is 2.34. The number of carbonyl (C=O) groups is 1. The van der Waals surface area contributed by atoms with Crippen molar-refractivity contribution in [2.75, 3.05) is 18.9 Å². The number of halogens is 1. The molecular weight excluding hydrogens is 495 g/mol. The number of carbonyl (C=O) groups excluding carboxylic acids is 1. The number of anilines is 1. The Hall–Kier alpha value is -1.61. The molecule has 1 aromatic carbocycles. The Kier molecular flexibility index (Phi) is 9.42. The van der Waals surface area contributed by atoms with Gasteiger partial charge in [0.1, 0.15) is 0 Å². The second kappa shape index (κ2) is 11.5. The van der Waals surface area contributed by atoms with Crippen LogP contribution in [-0.2, 0) is 16.8 Å². The zero-order valence-corrected chi connectivity index (χ0v) is 20.3. The van der Waals surface area contributed by atoms with Gasteiger partial charge in [-0.25, -0.2) is 0 Å². The molecule has 1 aliphatic rings. The maximum atomic E-state index is 11.2. The third-order valence-corrected chi connectivity index (χ3v) is 6.50. The molecule has 0 unspecified atom stereocenters. The van der Waals surface area contributed by atoms with Crippen LogP contribution in [0.15, 0.2) is 46.8 Å². The molecule has 3 rings (SSSR count). The number of rotatable bonds is 6. The van der Waals surface area contributed by atoms with Crippen LogP contribution in [0.2, 0.25) is 0 Å². The summed E-state index contributed by atoms with van der Waals surface area (Å²) in [5.41, 5.74) is 2.13. The second-order valence-corrected chi connectivity index (χ2v) is 8.43. The molecule has 7 heteroatoms. The van der Waals surface area contributed by atoms with E-state index in [0.29, 0.717) is 6.54 Å². The molecule has 1 aromatic heterocycles. The fraction of sp³-hybridized carbons (Fsp3) is 0.455. The van der Waals surface area contributed by atoms with Crippen molar-refractivity contribution in [3.8, 4) is 0 Å². The molecule has 0 aliphatic heterocycles. The molecule has 5 nitrogen and oxygen atoms in total. The number of nitrogens with one attached hydrogen (secondary N) is 3. The molecule has 1 amide bonds. The van der Waals surface area contributed by atoms with Crippen molar-refractivity contribution in [1.29, 1.82) is 0 Å². The Morgan fingerprint density at radius 1 is 1.14 bits per heavy atom. The number of aliphatic imine (C=N–C) groups is 1. The number of thiophene rings is 1. The Labute approximate surface area is 194 Å². The zero-order chi connectivity index (χ0) is 19.8. The van der Waals surface area contributed by atoms with Crippen molar-refractivity contribution >= 4 is 52.9 Å². The highest BCUT2D eigenvalue weighted by molar-refractivity contribution is 14.0. The summed E-state index contributed by atoms with van der Waals surface area (Å²) in [6, 6.07) is 12.3. The Morgan fingerprint density at radius 2 is 1.93 bits per heavy atom. The van der Waals surface area contributed by atoms with Crippen molar-refractivity contribution in [1.82, 2.24) is 10.6 Å². The van der Waals surface area contributed by atoms with E-state index >= 15 is 0 Å². The monoisotopic (exact) mass is 526 g/mol. The number of guanidine groups is 1. The molecule has 1 aliphatic carbocycles. The highest BCUT2D eigenvalue weighted by atomic mass is 127. The van der Waals surface area contributed by atoms with E-state index in [0.717, 1.165) is 23.8 Å². The van der Waals surface area contributed by atoms with Gasteiger partial charge in [-0.1, -0.05) is 37.5 Å². The molecular formula is C22H31IN4OS. The molecule has 1 fully saturated rings. The molecule has 0 bridgehead atoms. The first kappa shape index (κ1) is 23.7. The lowest BCUT2D eigenvalue weighted by atomic mass is 9.73. The summed E-state index contributed by atoms with van der Waals surface area (Å²) in [6.07, 6.45) is 6.39. The maximum Gasteiger partial charge on any atom is 0.221 e. The van der Waals surface area contributed by atoms with Crippen LogP contribution in [0.3, 0.4) is 0 Å². The molecule has 3 N–H and O–H groups in total. The van der Waals surface area contributed by atoms with Gasteiger partial charge in [0.05, 0.1) is 0 Å². The van der Waals surface area contributed by atoms with E-state index in [9.17, 15) is 4.79 Å². The van der Waals surface area contributed by atoms with Crippen LogP contribution in [-0.4, -0.2) is 25.5 Å². The molecule has 0 atom stereocenters. The normalized spacial score (nSPS) is 15.9. The van der Waals surface area contributed by atoms with Crippen molar-refractivity contribution in [2.24, 2.45) is 4.99 Å². The van der Waals surface area contributed by atoms with Gasteiger partial charge in [-0.05, 0) is 42.0 Å². The van der Waals surface area contributed by atoms with Crippen molar-refractivity contribution in [2.45, 2.75) is 51.0 Å². The first-order valence-electron chi connectivity index (χ1n) is 9.96. The summed E-state index contributed by atoms with van der Waals surface area (Å²) in [4.78, 5) is 17.1. The Bertz CT molecular complexity index is 801. The summed E-state index contributed by atoms with van der Waals surface area (Å²) in [5.74, 6) is 0.750. The predicted molar refractivity (Wildman–Crippen MR) is 133 cm³/mol. The van der Waals surface area contributed by atoms with Gasteiger partial charge >= 0.3 is 0 Å². The van der Waals surface area contributed by atoms with E-state index < -0.39 is 0 Å². The van der Waals surface area contributed by atoms with E-state index in [-0.39, 0.29) is 35.3 Å². The van der Waals surface area contributed by atoms with Crippen molar-refractivity contribution in [3.63, 3.8) is 0 Å². The van der Waals surface area contributed by atoms with Gasteiger partial charge in [-0.15, -0.1) is 35.3 Å². The molecule has 0 spiro atoms. The average molecular weight is 526 g/mol. The largest absolute Gasteiger partial charge is 0.355 e. The Balaban J connectivity index is 0.00000300. The molecule has 2 aromatic rings. The summed E-state index contributed by atoms with van der Waals surface area (Å²) in [5, 5.41) is 12.0. The van der Waals surface area contributed by atoms with Gasteiger partial charge in [0.25, 0.3) is 0 Å².